The van der Waals surface area contributed by atoms with Crippen molar-refractivity contribution in [2.24, 2.45) is 0 Å². The van der Waals surface area contributed by atoms with Crippen molar-refractivity contribution in [2.45, 2.75) is 25.5 Å². The summed E-state index contributed by atoms with van der Waals surface area (Å²) in [7, 11) is 0. The van der Waals surface area contributed by atoms with Crippen LogP contribution in [0.5, 0.6) is 11.5 Å². The van der Waals surface area contributed by atoms with E-state index >= 15 is 0 Å². The standard InChI is InChI=1S/C19H21N3O3S/c26-19(21-15-3-1-7-20-10-15)22(12-16-4-2-8-23-16)11-14-5-6-17-18(9-14)25-13-24-17/h1,3,5-7,9-10,16H,2,4,8,11-13H2,(H,21,26)/t16-/m1/s1. The second-order valence-electron chi connectivity index (χ2n) is 6.38. The summed E-state index contributed by atoms with van der Waals surface area (Å²) >= 11 is 5.67. The number of benzene rings is 1. The molecule has 136 valence electrons. The number of anilines is 1. The van der Waals surface area contributed by atoms with Crippen LogP contribution in [-0.2, 0) is 11.3 Å². The maximum Gasteiger partial charge on any atom is 0.231 e. The molecule has 2 aliphatic heterocycles. The van der Waals surface area contributed by atoms with Gasteiger partial charge in [0.1, 0.15) is 0 Å². The molecule has 3 heterocycles. The predicted octanol–water partition coefficient (Wildman–Crippen LogP) is 3.19. The molecule has 0 unspecified atom stereocenters. The molecule has 1 aromatic carbocycles. The van der Waals surface area contributed by atoms with Crippen molar-refractivity contribution < 1.29 is 14.2 Å². The molecule has 1 fully saturated rings. The lowest BCUT2D eigenvalue weighted by Gasteiger charge is -2.28. The lowest BCUT2D eigenvalue weighted by atomic mass is 10.1. The third-order valence-electron chi connectivity index (χ3n) is 4.46. The van der Waals surface area contributed by atoms with Gasteiger partial charge < -0.3 is 24.4 Å². The minimum absolute atomic E-state index is 0.206. The number of ether oxygens (including phenoxy) is 3. The molecule has 0 radical (unpaired) electrons. The summed E-state index contributed by atoms with van der Waals surface area (Å²) in [4.78, 5) is 6.26. The lowest BCUT2D eigenvalue weighted by Crippen LogP contribution is -2.39. The van der Waals surface area contributed by atoms with Crippen LogP contribution in [0.2, 0.25) is 0 Å². The Morgan fingerprint density at radius 2 is 2.19 bits per heavy atom. The molecule has 2 aromatic rings. The molecule has 6 nitrogen and oxygen atoms in total. The number of nitrogens with zero attached hydrogens (tertiary/aromatic N) is 2. The largest absolute Gasteiger partial charge is 0.454 e. The van der Waals surface area contributed by atoms with Gasteiger partial charge in [-0.1, -0.05) is 6.07 Å². The topological polar surface area (TPSA) is 55.9 Å². The van der Waals surface area contributed by atoms with Crippen LogP contribution in [-0.4, -0.2) is 41.0 Å². The summed E-state index contributed by atoms with van der Waals surface area (Å²) in [5.74, 6) is 1.57. The molecule has 2 aliphatic rings. The van der Waals surface area contributed by atoms with E-state index in [0.717, 1.165) is 48.7 Å². The van der Waals surface area contributed by atoms with Gasteiger partial charge in [0.2, 0.25) is 6.79 Å². The summed E-state index contributed by atoms with van der Waals surface area (Å²) < 4.78 is 16.7. The highest BCUT2D eigenvalue weighted by Crippen LogP contribution is 2.33. The Bertz CT molecular complexity index is 766. The van der Waals surface area contributed by atoms with Crippen LogP contribution >= 0.6 is 12.2 Å². The number of hydrogen-bond donors (Lipinski definition) is 1. The molecule has 1 saturated heterocycles. The molecule has 1 atom stereocenters. The Morgan fingerprint density at radius 3 is 3.00 bits per heavy atom. The molecule has 0 amide bonds. The minimum atomic E-state index is 0.206. The number of fused-ring (bicyclic) bond motifs is 1. The monoisotopic (exact) mass is 371 g/mol. The maximum atomic E-state index is 5.81. The summed E-state index contributed by atoms with van der Waals surface area (Å²) in [6, 6.07) is 9.83. The average Bonchev–Trinajstić information content (AvgIpc) is 3.33. The van der Waals surface area contributed by atoms with E-state index in [0.29, 0.717) is 11.7 Å². The van der Waals surface area contributed by atoms with Gasteiger partial charge in [0.15, 0.2) is 16.6 Å². The molecule has 0 spiro atoms. The van der Waals surface area contributed by atoms with Crippen molar-refractivity contribution in [3.63, 3.8) is 0 Å². The molecule has 7 heteroatoms. The van der Waals surface area contributed by atoms with Gasteiger partial charge in [-0.25, -0.2) is 0 Å². The van der Waals surface area contributed by atoms with Crippen molar-refractivity contribution >= 4 is 23.0 Å². The quantitative estimate of drug-likeness (QED) is 0.810. The van der Waals surface area contributed by atoms with E-state index in [1.807, 2.05) is 30.3 Å². The number of nitrogens with one attached hydrogen (secondary N) is 1. The highest BCUT2D eigenvalue weighted by molar-refractivity contribution is 7.80. The van der Waals surface area contributed by atoms with Crippen LogP contribution in [0.4, 0.5) is 5.69 Å². The van der Waals surface area contributed by atoms with E-state index < -0.39 is 0 Å². The van der Waals surface area contributed by atoms with E-state index in [4.69, 9.17) is 26.4 Å². The van der Waals surface area contributed by atoms with Crippen LogP contribution in [0.25, 0.3) is 0 Å². The predicted molar refractivity (Wildman–Crippen MR) is 102 cm³/mol. The molecule has 0 saturated carbocycles. The Morgan fingerprint density at radius 1 is 1.27 bits per heavy atom. The summed E-state index contributed by atoms with van der Waals surface area (Å²) in [6.07, 6.45) is 5.87. The Hall–Kier alpha value is -2.38. The van der Waals surface area contributed by atoms with Gasteiger partial charge in [-0.3, -0.25) is 4.98 Å². The van der Waals surface area contributed by atoms with Crippen molar-refractivity contribution in [1.82, 2.24) is 9.88 Å². The van der Waals surface area contributed by atoms with Gasteiger partial charge in [-0.15, -0.1) is 0 Å². The van der Waals surface area contributed by atoms with Gasteiger partial charge in [0, 0.05) is 25.9 Å². The highest BCUT2D eigenvalue weighted by Gasteiger charge is 2.22. The van der Waals surface area contributed by atoms with Gasteiger partial charge >= 0.3 is 0 Å². The van der Waals surface area contributed by atoms with Crippen LogP contribution < -0.4 is 14.8 Å². The Labute approximate surface area is 158 Å². The zero-order chi connectivity index (χ0) is 17.8. The number of rotatable bonds is 5. The van der Waals surface area contributed by atoms with Crippen LogP contribution in [0, 0.1) is 0 Å². The van der Waals surface area contributed by atoms with Crippen molar-refractivity contribution in [3.8, 4) is 11.5 Å². The fourth-order valence-electron chi connectivity index (χ4n) is 3.15. The number of thiocarbonyl (C=S) groups is 1. The SMILES string of the molecule is S=C(Nc1cccnc1)N(Cc1ccc2c(c1)OCO2)C[C@H]1CCCO1. The Kier molecular flexibility index (Phi) is 5.17. The molecule has 26 heavy (non-hydrogen) atoms. The summed E-state index contributed by atoms with van der Waals surface area (Å²) in [5, 5.41) is 3.93. The van der Waals surface area contributed by atoms with Crippen molar-refractivity contribution in [2.75, 3.05) is 25.3 Å². The van der Waals surface area contributed by atoms with E-state index in [9.17, 15) is 0 Å². The molecule has 1 N–H and O–H groups in total. The number of pyridine rings is 1. The smallest absolute Gasteiger partial charge is 0.231 e. The van der Waals surface area contributed by atoms with E-state index in [2.05, 4.69) is 15.2 Å². The fourth-order valence-corrected chi connectivity index (χ4v) is 3.41. The second kappa shape index (κ2) is 7.88. The highest BCUT2D eigenvalue weighted by atomic mass is 32.1. The van der Waals surface area contributed by atoms with Gasteiger partial charge in [-0.05, 0) is 54.9 Å². The van der Waals surface area contributed by atoms with E-state index in [1.165, 1.54) is 0 Å². The first kappa shape index (κ1) is 17.1. The second-order valence-corrected chi connectivity index (χ2v) is 6.76. The molecular weight excluding hydrogens is 350 g/mol. The zero-order valence-corrected chi connectivity index (χ0v) is 15.2. The molecular formula is C19H21N3O3S. The third-order valence-corrected chi connectivity index (χ3v) is 4.82. The molecule has 1 aromatic heterocycles. The van der Waals surface area contributed by atoms with E-state index in [-0.39, 0.29) is 12.9 Å². The molecule has 0 bridgehead atoms. The van der Waals surface area contributed by atoms with Crippen molar-refractivity contribution in [1.29, 1.82) is 0 Å². The third kappa shape index (κ3) is 4.05. The first-order chi connectivity index (χ1) is 12.8. The average molecular weight is 371 g/mol. The number of hydrogen-bond acceptors (Lipinski definition) is 5. The van der Waals surface area contributed by atoms with Gasteiger partial charge in [0.05, 0.1) is 18.0 Å². The Balaban J connectivity index is 1.49. The van der Waals surface area contributed by atoms with Gasteiger partial charge in [0.25, 0.3) is 0 Å². The summed E-state index contributed by atoms with van der Waals surface area (Å²) in [5.41, 5.74) is 1.99. The normalized spacial score (nSPS) is 17.9. The van der Waals surface area contributed by atoms with Crippen LogP contribution in [0.3, 0.4) is 0 Å². The molecule has 4 rings (SSSR count). The number of aromatic nitrogens is 1. The molecule has 0 aliphatic carbocycles. The maximum absolute atomic E-state index is 5.81. The lowest BCUT2D eigenvalue weighted by molar-refractivity contribution is 0.0905. The van der Waals surface area contributed by atoms with Crippen LogP contribution in [0.1, 0.15) is 18.4 Å². The summed E-state index contributed by atoms with van der Waals surface area (Å²) in [6.45, 7) is 2.52. The fraction of sp³-hybridized carbons (Fsp3) is 0.368. The van der Waals surface area contributed by atoms with Crippen molar-refractivity contribution in [3.05, 3.63) is 48.3 Å². The minimum Gasteiger partial charge on any atom is -0.454 e. The first-order valence-electron chi connectivity index (χ1n) is 8.74. The first-order valence-corrected chi connectivity index (χ1v) is 9.15. The van der Waals surface area contributed by atoms with E-state index in [1.54, 1.807) is 12.4 Å². The zero-order valence-electron chi connectivity index (χ0n) is 14.4. The van der Waals surface area contributed by atoms with Crippen LogP contribution in [0.15, 0.2) is 42.7 Å². The van der Waals surface area contributed by atoms with Gasteiger partial charge in [-0.2, -0.15) is 0 Å².